The van der Waals surface area contributed by atoms with Crippen molar-refractivity contribution in [1.29, 1.82) is 0 Å². The van der Waals surface area contributed by atoms with Gasteiger partial charge in [0.2, 0.25) is 0 Å². The van der Waals surface area contributed by atoms with Crippen molar-refractivity contribution in [2.24, 2.45) is 4.36 Å². The standard InChI is InChI=1S/C21H18F6N6O2S/c1-12(31-19(34)13-7-14(20(22,23)24)9-15(8-13)21(25,26)27)18-29-11-30-33(18)17-10-16(3-4-28-17)32-36(35)5-2-6-36/h3-4,7-12H,2,5-6H2,1H3,(H,31,34)/t12-/m0/s1. The first kappa shape index (κ1) is 25.6. The topological polar surface area (TPSA) is 102 Å². The van der Waals surface area contributed by atoms with Crippen LogP contribution in [-0.4, -0.2) is 41.4 Å². The molecule has 15 heteroatoms. The molecular weight excluding hydrogens is 514 g/mol. The van der Waals surface area contributed by atoms with Gasteiger partial charge in [-0.2, -0.15) is 40.5 Å². The molecule has 0 spiro atoms. The lowest BCUT2D eigenvalue weighted by atomic mass is 10.0. The molecule has 0 unspecified atom stereocenters. The van der Waals surface area contributed by atoms with Gasteiger partial charge >= 0.3 is 12.4 Å². The first-order chi connectivity index (χ1) is 16.7. The molecule has 4 rings (SSSR count). The molecule has 1 aliphatic rings. The molecule has 3 aromatic rings. The van der Waals surface area contributed by atoms with E-state index in [1.54, 1.807) is 6.07 Å². The van der Waals surface area contributed by atoms with Crippen LogP contribution in [0.5, 0.6) is 0 Å². The van der Waals surface area contributed by atoms with E-state index in [2.05, 4.69) is 24.7 Å². The van der Waals surface area contributed by atoms with Crippen LogP contribution in [0, 0.1) is 0 Å². The summed E-state index contributed by atoms with van der Waals surface area (Å²) in [5.41, 5.74) is -3.63. The largest absolute Gasteiger partial charge is 0.416 e. The molecule has 1 aliphatic heterocycles. The highest BCUT2D eigenvalue weighted by molar-refractivity contribution is 7.95. The third kappa shape index (κ3) is 5.50. The summed E-state index contributed by atoms with van der Waals surface area (Å²) in [5, 5.41) is 6.38. The van der Waals surface area contributed by atoms with Crippen LogP contribution in [-0.2, 0) is 22.1 Å². The maximum atomic E-state index is 13.1. The summed E-state index contributed by atoms with van der Waals surface area (Å²) in [6.07, 6.45) is -6.81. The fourth-order valence-corrected chi connectivity index (χ4v) is 4.87. The second-order valence-corrected chi connectivity index (χ2v) is 10.6. The van der Waals surface area contributed by atoms with Crippen molar-refractivity contribution in [3.63, 3.8) is 0 Å². The van der Waals surface area contributed by atoms with Gasteiger partial charge < -0.3 is 5.32 Å². The van der Waals surface area contributed by atoms with E-state index in [1.807, 2.05) is 0 Å². The van der Waals surface area contributed by atoms with Gasteiger partial charge in [-0.25, -0.2) is 14.2 Å². The number of rotatable bonds is 5. The van der Waals surface area contributed by atoms with Crippen LogP contribution in [0.3, 0.4) is 0 Å². The summed E-state index contributed by atoms with van der Waals surface area (Å²) in [6.45, 7) is 1.43. The Labute approximate surface area is 200 Å². The van der Waals surface area contributed by atoms with Crippen molar-refractivity contribution in [3.05, 3.63) is 65.4 Å². The Morgan fingerprint density at radius 2 is 1.69 bits per heavy atom. The van der Waals surface area contributed by atoms with Gasteiger partial charge in [-0.1, -0.05) is 0 Å². The maximum absolute atomic E-state index is 13.1. The van der Waals surface area contributed by atoms with Crippen LogP contribution in [0.25, 0.3) is 5.82 Å². The summed E-state index contributed by atoms with van der Waals surface area (Å²) in [7, 11) is -2.29. The molecule has 0 saturated carbocycles. The van der Waals surface area contributed by atoms with Crippen LogP contribution in [0.1, 0.15) is 46.7 Å². The van der Waals surface area contributed by atoms with Gasteiger partial charge in [-0.3, -0.25) is 4.79 Å². The van der Waals surface area contributed by atoms with Gasteiger partial charge in [0.1, 0.15) is 6.33 Å². The zero-order valence-corrected chi connectivity index (χ0v) is 19.3. The number of amides is 1. The molecule has 8 nitrogen and oxygen atoms in total. The van der Waals surface area contributed by atoms with E-state index >= 15 is 0 Å². The molecule has 36 heavy (non-hydrogen) atoms. The number of benzene rings is 1. The lowest BCUT2D eigenvalue weighted by Gasteiger charge is -2.18. The molecule has 2 aromatic heterocycles. The molecule has 1 amide bonds. The minimum atomic E-state index is -5.09. The summed E-state index contributed by atoms with van der Waals surface area (Å²) in [5.74, 6) is 0.128. The molecule has 1 aromatic carbocycles. The first-order valence-electron chi connectivity index (χ1n) is 10.4. The van der Waals surface area contributed by atoms with Crippen molar-refractivity contribution in [3.8, 4) is 5.82 Å². The molecule has 1 fully saturated rings. The highest BCUT2D eigenvalue weighted by Crippen LogP contribution is 2.36. The monoisotopic (exact) mass is 532 g/mol. The fourth-order valence-electron chi connectivity index (χ4n) is 3.41. The number of nitrogens with one attached hydrogen (secondary N) is 1. The zero-order valence-electron chi connectivity index (χ0n) is 18.5. The Bertz CT molecular complexity index is 1380. The van der Waals surface area contributed by atoms with Crippen molar-refractivity contribution in [2.75, 3.05) is 11.5 Å². The van der Waals surface area contributed by atoms with Crippen LogP contribution in [0.15, 0.2) is 47.2 Å². The smallest absolute Gasteiger partial charge is 0.342 e. The van der Waals surface area contributed by atoms with Gasteiger partial charge in [0.05, 0.1) is 32.6 Å². The van der Waals surface area contributed by atoms with Crippen molar-refractivity contribution in [1.82, 2.24) is 25.1 Å². The molecule has 3 heterocycles. The third-order valence-corrected chi connectivity index (χ3v) is 7.70. The number of halogens is 6. The number of nitrogens with zero attached hydrogens (tertiary/aromatic N) is 5. The fraction of sp³-hybridized carbons (Fsp3) is 0.333. The Morgan fingerprint density at radius 1 is 1.06 bits per heavy atom. The number of aromatic nitrogens is 4. The predicted octanol–water partition coefficient (Wildman–Crippen LogP) is 4.69. The summed E-state index contributed by atoms with van der Waals surface area (Å²) in [4.78, 5) is 20.8. The number of hydrogen-bond acceptors (Lipinski definition) is 6. The summed E-state index contributed by atoms with van der Waals surface area (Å²) < 4.78 is 96.7. The number of alkyl halides is 6. The Morgan fingerprint density at radius 3 is 2.25 bits per heavy atom. The lowest BCUT2D eigenvalue weighted by Crippen LogP contribution is -2.29. The van der Waals surface area contributed by atoms with Crippen molar-refractivity contribution < 1.29 is 35.3 Å². The van der Waals surface area contributed by atoms with E-state index in [9.17, 15) is 35.3 Å². The highest BCUT2D eigenvalue weighted by atomic mass is 32.2. The van der Waals surface area contributed by atoms with Crippen LogP contribution >= 0.6 is 0 Å². The van der Waals surface area contributed by atoms with E-state index in [-0.39, 0.29) is 17.7 Å². The molecule has 0 radical (unpaired) electrons. The van der Waals surface area contributed by atoms with Gasteiger partial charge in [0, 0.05) is 29.3 Å². The van der Waals surface area contributed by atoms with E-state index in [1.165, 1.54) is 23.9 Å². The van der Waals surface area contributed by atoms with Gasteiger partial charge in [0.15, 0.2) is 11.6 Å². The second-order valence-electron chi connectivity index (χ2n) is 8.02. The molecule has 1 saturated heterocycles. The van der Waals surface area contributed by atoms with Gasteiger partial charge in [-0.05, 0) is 37.6 Å². The Hall–Kier alpha value is -3.49. The molecule has 1 atom stereocenters. The molecule has 1 N–H and O–H groups in total. The van der Waals surface area contributed by atoms with Gasteiger partial charge in [-0.15, -0.1) is 0 Å². The maximum Gasteiger partial charge on any atom is 0.416 e. The van der Waals surface area contributed by atoms with E-state index in [4.69, 9.17) is 0 Å². The molecule has 0 bridgehead atoms. The Kier molecular flexibility index (Phi) is 6.53. The molecular formula is C21H18F6N6O2S. The van der Waals surface area contributed by atoms with E-state index < -0.39 is 50.7 Å². The normalized spacial score (nSPS) is 16.2. The number of hydrogen-bond donors (Lipinski definition) is 1. The van der Waals surface area contributed by atoms with Crippen molar-refractivity contribution in [2.45, 2.75) is 31.7 Å². The number of pyridine rings is 1. The highest BCUT2D eigenvalue weighted by Gasteiger charge is 2.37. The average molecular weight is 532 g/mol. The second kappa shape index (κ2) is 9.19. The molecule has 192 valence electrons. The average Bonchev–Trinajstić information content (AvgIpc) is 3.27. The summed E-state index contributed by atoms with van der Waals surface area (Å²) >= 11 is 0. The number of carbonyl (C=O) groups is 1. The molecule has 0 aliphatic carbocycles. The van der Waals surface area contributed by atoms with Crippen LogP contribution in [0.2, 0.25) is 0 Å². The quantitative estimate of drug-likeness (QED) is 0.481. The van der Waals surface area contributed by atoms with E-state index in [0.717, 1.165) is 12.7 Å². The third-order valence-electron chi connectivity index (χ3n) is 5.30. The minimum Gasteiger partial charge on any atom is -0.342 e. The number of carbonyl (C=O) groups excluding carboxylic acids is 1. The summed E-state index contributed by atoms with van der Waals surface area (Å²) in [6, 6.07) is 2.70. The van der Waals surface area contributed by atoms with E-state index in [0.29, 0.717) is 29.3 Å². The SMILES string of the molecule is C[C@H](NC(=O)c1cc(C(F)(F)F)cc(C(F)(F)F)c1)c1ncnn1-c1cc(N=S2(=O)CCC2)ccn1. The predicted molar refractivity (Wildman–Crippen MR) is 116 cm³/mol. The zero-order chi connectivity index (χ0) is 26.3. The van der Waals surface area contributed by atoms with Crippen LogP contribution < -0.4 is 5.32 Å². The van der Waals surface area contributed by atoms with Crippen LogP contribution in [0.4, 0.5) is 32.0 Å². The van der Waals surface area contributed by atoms with Crippen molar-refractivity contribution >= 4 is 21.3 Å². The lowest BCUT2D eigenvalue weighted by molar-refractivity contribution is -0.143. The first-order valence-corrected chi connectivity index (χ1v) is 12.3. The Balaban J connectivity index is 1.61. The minimum absolute atomic E-state index is 0.0576. The van der Waals surface area contributed by atoms with Gasteiger partial charge in [0.25, 0.3) is 5.91 Å².